The van der Waals surface area contributed by atoms with Gasteiger partial charge in [0.25, 0.3) is 5.91 Å². The van der Waals surface area contributed by atoms with Gasteiger partial charge < -0.3 is 15.4 Å². The fourth-order valence-corrected chi connectivity index (χ4v) is 2.16. The van der Waals surface area contributed by atoms with Crippen LogP contribution in [0.1, 0.15) is 18.4 Å². The fourth-order valence-electron chi connectivity index (χ4n) is 2.16. The van der Waals surface area contributed by atoms with Gasteiger partial charge in [0, 0.05) is 17.8 Å². The molecule has 0 aliphatic rings. The van der Waals surface area contributed by atoms with Crippen molar-refractivity contribution in [1.29, 1.82) is 0 Å². The summed E-state index contributed by atoms with van der Waals surface area (Å²) in [5.74, 6) is -2.65. The number of anilines is 2. The lowest BCUT2D eigenvalue weighted by molar-refractivity contribution is -0.147. The van der Waals surface area contributed by atoms with E-state index in [1.54, 1.807) is 0 Å². The number of esters is 1. The molecule has 2 amide bonds. The lowest BCUT2D eigenvalue weighted by Crippen LogP contribution is -2.21. The van der Waals surface area contributed by atoms with Crippen LogP contribution in [0.15, 0.2) is 48.5 Å². The Hall–Kier alpha value is -3.43. The maximum Gasteiger partial charge on any atom is 0.416 e. The fraction of sp³-hybridized carbons (Fsp3) is 0.211. The summed E-state index contributed by atoms with van der Waals surface area (Å²) in [7, 11) is 0. The Morgan fingerprint density at radius 1 is 0.862 bits per heavy atom. The molecule has 0 bridgehead atoms. The molecule has 0 fully saturated rings. The van der Waals surface area contributed by atoms with E-state index in [0.29, 0.717) is 5.69 Å². The second-order valence-corrected chi connectivity index (χ2v) is 5.84. The molecule has 0 aliphatic carbocycles. The van der Waals surface area contributed by atoms with E-state index >= 15 is 0 Å². The molecule has 0 atom stereocenters. The average Bonchev–Trinajstić information content (AvgIpc) is 2.66. The third kappa shape index (κ3) is 7.60. The van der Waals surface area contributed by atoms with Crippen molar-refractivity contribution in [1.82, 2.24) is 0 Å². The first-order valence-electron chi connectivity index (χ1n) is 8.31. The molecule has 0 aliphatic heterocycles. The van der Waals surface area contributed by atoms with Gasteiger partial charge >= 0.3 is 12.1 Å². The molecule has 6 nitrogen and oxygen atoms in total. The Labute approximate surface area is 162 Å². The number of carbonyl (C=O) groups excluding carboxylic acids is 3. The molecule has 2 aromatic carbocycles. The lowest BCUT2D eigenvalue weighted by atomic mass is 10.2. The highest BCUT2D eigenvalue weighted by atomic mass is 19.4. The number of nitrogens with one attached hydrogen (secondary N) is 2. The summed E-state index contributed by atoms with van der Waals surface area (Å²) in [6.07, 6.45) is -5.25. The summed E-state index contributed by atoms with van der Waals surface area (Å²) in [4.78, 5) is 35.0. The number of amides is 2. The standard InChI is InChI=1S/C19H16F4N2O4/c20-13-4-6-14(7-5-13)24-17(27)11-29-18(28)9-8-16(26)25-15-3-1-2-12(10-15)19(21,22)23/h1-7,10H,8-9,11H2,(H,24,27)(H,25,26). The molecule has 10 heteroatoms. The van der Waals surface area contributed by atoms with Gasteiger partial charge in [-0.2, -0.15) is 13.2 Å². The SMILES string of the molecule is O=C(CCC(=O)OCC(=O)Nc1ccc(F)cc1)Nc1cccc(C(F)(F)F)c1. The molecular formula is C19H16F4N2O4. The van der Waals surface area contributed by atoms with Gasteiger partial charge in [-0.3, -0.25) is 14.4 Å². The van der Waals surface area contributed by atoms with E-state index in [9.17, 15) is 31.9 Å². The van der Waals surface area contributed by atoms with Crippen LogP contribution in [0.3, 0.4) is 0 Å². The molecule has 0 heterocycles. The molecule has 0 spiro atoms. The van der Waals surface area contributed by atoms with Crippen LogP contribution < -0.4 is 10.6 Å². The van der Waals surface area contributed by atoms with E-state index in [1.165, 1.54) is 18.2 Å². The van der Waals surface area contributed by atoms with Crippen LogP contribution in [0.5, 0.6) is 0 Å². The summed E-state index contributed by atoms with van der Waals surface area (Å²) in [6, 6.07) is 9.01. The highest BCUT2D eigenvalue weighted by Gasteiger charge is 2.30. The summed E-state index contributed by atoms with van der Waals surface area (Å²) < 4.78 is 55.4. The van der Waals surface area contributed by atoms with Gasteiger partial charge in [0.2, 0.25) is 5.91 Å². The number of hydrogen-bond donors (Lipinski definition) is 2. The molecule has 2 rings (SSSR count). The van der Waals surface area contributed by atoms with Crippen molar-refractivity contribution in [3.8, 4) is 0 Å². The molecule has 29 heavy (non-hydrogen) atoms. The monoisotopic (exact) mass is 412 g/mol. The zero-order valence-corrected chi connectivity index (χ0v) is 14.9. The number of halogens is 4. The van der Waals surface area contributed by atoms with Gasteiger partial charge in [0.05, 0.1) is 12.0 Å². The zero-order chi connectivity index (χ0) is 21.4. The van der Waals surface area contributed by atoms with Crippen LogP contribution in [0.25, 0.3) is 0 Å². The number of benzene rings is 2. The third-order valence-corrected chi connectivity index (χ3v) is 3.52. The van der Waals surface area contributed by atoms with Gasteiger partial charge in [0.1, 0.15) is 5.82 Å². The second kappa shape index (κ2) is 9.67. The number of rotatable bonds is 7. The smallest absolute Gasteiger partial charge is 0.416 e. The van der Waals surface area contributed by atoms with E-state index < -0.39 is 41.9 Å². The van der Waals surface area contributed by atoms with E-state index in [0.717, 1.165) is 30.3 Å². The minimum atomic E-state index is -4.54. The predicted molar refractivity (Wildman–Crippen MR) is 95.3 cm³/mol. The number of ether oxygens (including phenoxy) is 1. The van der Waals surface area contributed by atoms with Crippen molar-refractivity contribution in [2.75, 3.05) is 17.2 Å². The number of carbonyl (C=O) groups is 3. The molecular weight excluding hydrogens is 396 g/mol. The van der Waals surface area contributed by atoms with E-state index in [-0.39, 0.29) is 18.5 Å². The van der Waals surface area contributed by atoms with E-state index in [2.05, 4.69) is 10.6 Å². The first-order chi connectivity index (χ1) is 13.6. The van der Waals surface area contributed by atoms with Crippen LogP contribution in [0.4, 0.5) is 28.9 Å². The average molecular weight is 412 g/mol. The van der Waals surface area contributed by atoms with Crippen molar-refractivity contribution < 1.29 is 36.7 Å². The highest BCUT2D eigenvalue weighted by molar-refractivity contribution is 5.94. The van der Waals surface area contributed by atoms with Gasteiger partial charge in [-0.05, 0) is 42.5 Å². The molecule has 0 saturated heterocycles. The molecule has 2 N–H and O–H groups in total. The number of alkyl halides is 3. The van der Waals surface area contributed by atoms with Crippen LogP contribution in [0.2, 0.25) is 0 Å². The Kier molecular flexibility index (Phi) is 7.29. The van der Waals surface area contributed by atoms with Gasteiger partial charge in [0.15, 0.2) is 6.61 Å². The summed E-state index contributed by atoms with van der Waals surface area (Å²) in [6.45, 7) is -0.606. The predicted octanol–water partition coefficient (Wildman–Crippen LogP) is 3.75. The largest absolute Gasteiger partial charge is 0.456 e. The minimum absolute atomic E-state index is 0.0585. The quantitative estimate of drug-likeness (QED) is 0.536. The third-order valence-electron chi connectivity index (χ3n) is 3.52. The lowest BCUT2D eigenvalue weighted by Gasteiger charge is -2.10. The summed E-state index contributed by atoms with van der Waals surface area (Å²) in [5, 5.41) is 4.64. The van der Waals surface area contributed by atoms with Crippen LogP contribution >= 0.6 is 0 Å². The second-order valence-electron chi connectivity index (χ2n) is 5.84. The van der Waals surface area contributed by atoms with Crippen molar-refractivity contribution in [3.63, 3.8) is 0 Å². The van der Waals surface area contributed by atoms with Gasteiger partial charge in [-0.1, -0.05) is 6.07 Å². The summed E-state index contributed by atoms with van der Waals surface area (Å²) >= 11 is 0. The van der Waals surface area contributed by atoms with Crippen LogP contribution in [0, 0.1) is 5.82 Å². The van der Waals surface area contributed by atoms with Crippen molar-refractivity contribution in [3.05, 3.63) is 59.9 Å². The normalized spacial score (nSPS) is 10.9. The van der Waals surface area contributed by atoms with Crippen LogP contribution in [-0.2, 0) is 25.3 Å². The molecule has 154 valence electrons. The topological polar surface area (TPSA) is 84.5 Å². The molecule has 0 unspecified atom stereocenters. The number of hydrogen-bond acceptors (Lipinski definition) is 4. The van der Waals surface area contributed by atoms with E-state index in [4.69, 9.17) is 4.74 Å². The zero-order valence-electron chi connectivity index (χ0n) is 14.9. The van der Waals surface area contributed by atoms with E-state index in [1.807, 2.05) is 0 Å². The molecule has 0 saturated carbocycles. The first kappa shape index (κ1) is 21.9. The highest BCUT2D eigenvalue weighted by Crippen LogP contribution is 2.30. The Balaban J connectivity index is 1.72. The Morgan fingerprint density at radius 3 is 2.17 bits per heavy atom. The summed E-state index contributed by atoms with van der Waals surface area (Å²) in [5.41, 5.74) is -0.661. The van der Waals surface area contributed by atoms with Crippen molar-refractivity contribution in [2.24, 2.45) is 0 Å². The minimum Gasteiger partial charge on any atom is -0.456 e. The molecule has 0 aromatic heterocycles. The Morgan fingerprint density at radius 2 is 1.52 bits per heavy atom. The van der Waals surface area contributed by atoms with Crippen molar-refractivity contribution in [2.45, 2.75) is 19.0 Å². The first-order valence-corrected chi connectivity index (χ1v) is 8.31. The van der Waals surface area contributed by atoms with Gasteiger partial charge in [-0.25, -0.2) is 4.39 Å². The molecule has 2 aromatic rings. The molecule has 0 radical (unpaired) electrons. The van der Waals surface area contributed by atoms with Crippen LogP contribution in [-0.4, -0.2) is 24.4 Å². The van der Waals surface area contributed by atoms with Gasteiger partial charge in [-0.15, -0.1) is 0 Å². The maximum absolute atomic E-state index is 12.8. The Bertz CT molecular complexity index is 883. The maximum atomic E-state index is 12.8. The van der Waals surface area contributed by atoms with Crippen molar-refractivity contribution >= 4 is 29.2 Å².